The summed E-state index contributed by atoms with van der Waals surface area (Å²) >= 11 is 1.49. The average Bonchev–Trinajstić information content (AvgIpc) is 3.07. The molecule has 0 spiro atoms. The van der Waals surface area contributed by atoms with E-state index in [2.05, 4.69) is 0 Å². The number of nitrogens with zero attached hydrogens (tertiary/aromatic N) is 1. The number of amides is 2. The molecule has 1 aromatic carbocycles. The molecule has 2 aromatic rings. The zero-order valence-electron chi connectivity index (χ0n) is 10.9. The summed E-state index contributed by atoms with van der Waals surface area (Å²) in [5, 5.41) is 3.72. The molecule has 0 radical (unpaired) electrons. The van der Waals surface area contributed by atoms with E-state index in [1.165, 1.54) is 11.3 Å². The van der Waals surface area contributed by atoms with Gasteiger partial charge >= 0.3 is 5.97 Å². The van der Waals surface area contributed by atoms with Gasteiger partial charge in [-0.2, -0.15) is 11.3 Å². The fraction of sp³-hybridized carbons (Fsp3) is 0.133. The molecule has 0 unspecified atom stereocenters. The number of benzene rings is 1. The molecule has 106 valence electrons. The minimum Gasteiger partial charge on any atom is -0.443 e. The van der Waals surface area contributed by atoms with Crippen LogP contribution in [0.3, 0.4) is 0 Å². The van der Waals surface area contributed by atoms with Crippen LogP contribution >= 0.6 is 11.3 Å². The Hall–Kier alpha value is -2.47. The molecule has 0 saturated carbocycles. The highest BCUT2D eigenvalue weighted by Gasteiger charge is 2.35. The van der Waals surface area contributed by atoms with Crippen molar-refractivity contribution in [1.82, 2.24) is 4.90 Å². The molecule has 0 N–H and O–H groups in total. The Balaban J connectivity index is 1.63. The summed E-state index contributed by atoms with van der Waals surface area (Å²) in [5.74, 6) is -1.33. The summed E-state index contributed by atoms with van der Waals surface area (Å²) in [7, 11) is 0. The van der Waals surface area contributed by atoms with Crippen LogP contribution in [0.25, 0.3) is 0 Å². The first-order valence-corrected chi connectivity index (χ1v) is 7.23. The number of carbonyl (C=O) groups is 3. The molecule has 1 aliphatic heterocycles. The third kappa shape index (κ3) is 2.57. The van der Waals surface area contributed by atoms with Gasteiger partial charge in [-0.15, -0.1) is 0 Å². The van der Waals surface area contributed by atoms with Crippen LogP contribution < -0.4 is 0 Å². The highest BCUT2D eigenvalue weighted by atomic mass is 32.1. The second-order valence-corrected chi connectivity index (χ2v) is 5.32. The van der Waals surface area contributed by atoms with E-state index in [-0.39, 0.29) is 13.2 Å². The van der Waals surface area contributed by atoms with Gasteiger partial charge in [-0.1, -0.05) is 12.1 Å². The summed E-state index contributed by atoms with van der Waals surface area (Å²) in [5.41, 5.74) is 1.54. The zero-order valence-corrected chi connectivity index (χ0v) is 11.8. The average molecular weight is 301 g/mol. The van der Waals surface area contributed by atoms with E-state index >= 15 is 0 Å². The molecule has 1 aliphatic rings. The van der Waals surface area contributed by atoms with Crippen molar-refractivity contribution in [3.8, 4) is 0 Å². The molecule has 0 atom stereocenters. The van der Waals surface area contributed by atoms with Crippen molar-refractivity contribution in [2.24, 2.45) is 0 Å². The number of fused-ring (bicyclic) bond motifs is 1. The number of rotatable bonds is 4. The number of esters is 1. The summed E-state index contributed by atoms with van der Waals surface area (Å²) in [6.45, 7) is -0.352. The smallest absolute Gasteiger partial charge is 0.312 e. The number of hydrogen-bond acceptors (Lipinski definition) is 5. The lowest BCUT2D eigenvalue weighted by Crippen LogP contribution is -2.33. The maximum atomic E-state index is 12.1. The predicted octanol–water partition coefficient (Wildman–Crippen LogP) is 2.09. The highest BCUT2D eigenvalue weighted by molar-refractivity contribution is 7.07. The number of hydrogen-bond donors (Lipinski definition) is 0. The van der Waals surface area contributed by atoms with Crippen LogP contribution in [0.2, 0.25) is 0 Å². The Morgan fingerprint density at radius 3 is 2.33 bits per heavy atom. The monoisotopic (exact) mass is 301 g/mol. The summed E-state index contributed by atoms with van der Waals surface area (Å²) in [6.07, 6.45) is 0.132. The number of ether oxygens (including phenoxy) is 1. The van der Waals surface area contributed by atoms with Crippen molar-refractivity contribution in [3.63, 3.8) is 0 Å². The molecular formula is C15H11NO4S. The SMILES string of the molecule is O=C(Cc1ccsc1)OCN1C(=O)c2ccccc2C1=O. The zero-order chi connectivity index (χ0) is 14.8. The molecule has 0 saturated heterocycles. The quantitative estimate of drug-likeness (QED) is 0.641. The standard InChI is InChI=1S/C15H11NO4S/c17-13(7-10-5-6-21-8-10)20-9-16-14(18)11-3-1-2-4-12(11)15(16)19/h1-6,8H,7,9H2. The number of carbonyl (C=O) groups excluding carboxylic acids is 3. The van der Waals surface area contributed by atoms with Gasteiger partial charge in [-0.05, 0) is 34.5 Å². The predicted molar refractivity (Wildman–Crippen MR) is 75.9 cm³/mol. The Labute approximate surface area is 124 Å². The van der Waals surface area contributed by atoms with Crippen LogP contribution in [0.5, 0.6) is 0 Å². The maximum Gasteiger partial charge on any atom is 0.312 e. The first kappa shape index (κ1) is 13.5. The first-order chi connectivity index (χ1) is 10.2. The molecular weight excluding hydrogens is 290 g/mol. The van der Waals surface area contributed by atoms with Gasteiger partial charge in [0.1, 0.15) is 0 Å². The summed E-state index contributed by atoms with van der Waals surface area (Å²) in [4.78, 5) is 36.7. The minimum absolute atomic E-state index is 0.132. The van der Waals surface area contributed by atoms with Gasteiger partial charge < -0.3 is 4.74 Å². The van der Waals surface area contributed by atoms with E-state index in [1.807, 2.05) is 16.8 Å². The van der Waals surface area contributed by atoms with E-state index in [9.17, 15) is 14.4 Å². The lowest BCUT2D eigenvalue weighted by Gasteiger charge is -2.13. The normalized spacial score (nSPS) is 13.4. The molecule has 0 aliphatic carbocycles. The molecule has 0 bridgehead atoms. The molecule has 0 fully saturated rings. The van der Waals surface area contributed by atoms with E-state index < -0.39 is 17.8 Å². The second kappa shape index (κ2) is 5.49. The van der Waals surface area contributed by atoms with Gasteiger partial charge in [-0.3, -0.25) is 14.4 Å². The lowest BCUT2D eigenvalue weighted by atomic mass is 10.1. The van der Waals surface area contributed by atoms with Crippen molar-refractivity contribution >= 4 is 29.1 Å². The van der Waals surface area contributed by atoms with E-state index in [0.29, 0.717) is 11.1 Å². The molecule has 6 heteroatoms. The van der Waals surface area contributed by atoms with Gasteiger partial charge in [0.2, 0.25) is 0 Å². The van der Waals surface area contributed by atoms with Crippen molar-refractivity contribution in [3.05, 3.63) is 57.8 Å². The number of thiophene rings is 1. The molecule has 1 aromatic heterocycles. The fourth-order valence-electron chi connectivity index (χ4n) is 2.10. The van der Waals surface area contributed by atoms with Crippen molar-refractivity contribution in [2.45, 2.75) is 6.42 Å². The van der Waals surface area contributed by atoms with E-state index in [4.69, 9.17) is 4.74 Å². The third-order valence-electron chi connectivity index (χ3n) is 3.16. The first-order valence-electron chi connectivity index (χ1n) is 6.29. The molecule has 5 nitrogen and oxygen atoms in total. The van der Waals surface area contributed by atoms with Crippen LogP contribution in [0.4, 0.5) is 0 Å². The molecule has 3 rings (SSSR count). The van der Waals surface area contributed by atoms with E-state index in [1.54, 1.807) is 24.3 Å². The van der Waals surface area contributed by atoms with Crippen molar-refractivity contribution in [2.75, 3.05) is 6.73 Å². The van der Waals surface area contributed by atoms with Crippen molar-refractivity contribution in [1.29, 1.82) is 0 Å². The summed E-state index contributed by atoms with van der Waals surface area (Å²) < 4.78 is 5.02. The van der Waals surface area contributed by atoms with Crippen LogP contribution in [-0.4, -0.2) is 29.4 Å². The van der Waals surface area contributed by atoms with Gasteiger partial charge in [0.05, 0.1) is 17.5 Å². The van der Waals surface area contributed by atoms with Crippen LogP contribution in [0, 0.1) is 0 Å². The van der Waals surface area contributed by atoms with Gasteiger partial charge in [0.25, 0.3) is 11.8 Å². The molecule has 21 heavy (non-hydrogen) atoms. The van der Waals surface area contributed by atoms with Crippen molar-refractivity contribution < 1.29 is 19.1 Å². The molecule has 2 amide bonds. The Bertz CT molecular complexity index is 673. The van der Waals surface area contributed by atoms with Crippen LogP contribution in [0.1, 0.15) is 26.3 Å². The van der Waals surface area contributed by atoms with Crippen LogP contribution in [-0.2, 0) is 16.0 Å². The van der Waals surface area contributed by atoms with Crippen LogP contribution in [0.15, 0.2) is 41.1 Å². The van der Waals surface area contributed by atoms with Gasteiger partial charge in [-0.25, -0.2) is 4.90 Å². The topological polar surface area (TPSA) is 63.7 Å². The summed E-state index contributed by atoms with van der Waals surface area (Å²) in [6, 6.07) is 8.38. The largest absolute Gasteiger partial charge is 0.443 e. The Morgan fingerprint density at radius 2 is 1.76 bits per heavy atom. The molecule has 2 heterocycles. The Morgan fingerprint density at radius 1 is 1.10 bits per heavy atom. The Kier molecular flexibility index (Phi) is 3.53. The minimum atomic E-state index is -0.468. The lowest BCUT2D eigenvalue weighted by molar-refractivity contribution is -0.145. The third-order valence-corrected chi connectivity index (χ3v) is 3.89. The second-order valence-electron chi connectivity index (χ2n) is 4.54. The number of imide groups is 1. The fourth-order valence-corrected chi connectivity index (χ4v) is 2.77. The van der Waals surface area contributed by atoms with E-state index in [0.717, 1.165) is 10.5 Å². The maximum absolute atomic E-state index is 12.1. The van der Waals surface area contributed by atoms with Gasteiger partial charge in [0.15, 0.2) is 6.73 Å². The highest BCUT2D eigenvalue weighted by Crippen LogP contribution is 2.22. The van der Waals surface area contributed by atoms with Gasteiger partial charge in [0, 0.05) is 0 Å².